The van der Waals surface area contributed by atoms with E-state index in [9.17, 15) is 4.79 Å². The van der Waals surface area contributed by atoms with Crippen LogP contribution in [0.3, 0.4) is 0 Å². The summed E-state index contributed by atoms with van der Waals surface area (Å²) in [5, 5.41) is 12.1. The predicted molar refractivity (Wildman–Crippen MR) is 63.5 cm³/mol. The van der Waals surface area contributed by atoms with E-state index in [0.29, 0.717) is 0 Å². The molecule has 2 N–H and O–H groups in total. The second-order valence-electron chi connectivity index (χ2n) is 3.92. The van der Waals surface area contributed by atoms with Gasteiger partial charge >= 0.3 is 5.97 Å². The summed E-state index contributed by atoms with van der Waals surface area (Å²) in [6, 6.07) is 1.86. The lowest BCUT2D eigenvalue weighted by Gasteiger charge is -2.18. The summed E-state index contributed by atoms with van der Waals surface area (Å²) in [6.07, 6.45) is 5.45. The molecular formula is C12H18N2O2. The van der Waals surface area contributed by atoms with Gasteiger partial charge in [-0.15, -0.1) is 0 Å². The number of carbonyl (C=O) groups is 1. The fraction of sp³-hybridized carbons (Fsp3) is 0.500. The average Bonchev–Trinajstić information content (AvgIpc) is 2.21. The van der Waals surface area contributed by atoms with Crippen molar-refractivity contribution in [3.8, 4) is 0 Å². The van der Waals surface area contributed by atoms with E-state index in [0.717, 1.165) is 24.1 Å². The molecule has 16 heavy (non-hydrogen) atoms. The Morgan fingerprint density at radius 3 is 2.94 bits per heavy atom. The number of aliphatic carboxylic acids is 1. The van der Waals surface area contributed by atoms with E-state index in [-0.39, 0.29) is 12.5 Å². The van der Waals surface area contributed by atoms with Crippen LogP contribution in [-0.2, 0) is 4.79 Å². The number of carboxylic acids is 1. The van der Waals surface area contributed by atoms with Gasteiger partial charge < -0.3 is 10.4 Å². The molecule has 0 radical (unpaired) electrons. The molecule has 0 fully saturated rings. The second kappa shape index (κ2) is 6.10. The largest absolute Gasteiger partial charge is 0.481 e. The van der Waals surface area contributed by atoms with Crippen molar-refractivity contribution in [3.05, 3.63) is 24.0 Å². The van der Waals surface area contributed by atoms with E-state index in [1.54, 1.807) is 12.4 Å². The Morgan fingerprint density at radius 1 is 1.62 bits per heavy atom. The second-order valence-corrected chi connectivity index (χ2v) is 3.92. The zero-order chi connectivity index (χ0) is 12.0. The summed E-state index contributed by atoms with van der Waals surface area (Å²) in [6.45, 7) is 4.01. The van der Waals surface area contributed by atoms with Gasteiger partial charge in [-0.1, -0.05) is 13.3 Å². The highest BCUT2D eigenvalue weighted by Crippen LogP contribution is 2.16. The third-order valence-corrected chi connectivity index (χ3v) is 2.44. The molecule has 4 heteroatoms. The van der Waals surface area contributed by atoms with E-state index in [1.807, 2.05) is 13.0 Å². The lowest BCUT2D eigenvalue weighted by atomic mass is 10.1. The Morgan fingerprint density at radius 2 is 2.38 bits per heavy atom. The molecule has 0 aliphatic heterocycles. The Balaban J connectivity index is 2.67. The van der Waals surface area contributed by atoms with Gasteiger partial charge in [0.1, 0.15) is 0 Å². The van der Waals surface area contributed by atoms with E-state index < -0.39 is 5.97 Å². The van der Waals surface area contributed by atoms with E-state index >= 15 is 0 Å². The minimum absolute atomic E-state index is 0.0106. The first kappa shape index (κ1) is 12.5. The van der Waals surface area contributed by atoms with Crippen LogP contribution in [0.1, 0.15) is 31.7 Å². The molecule has 0 bridgehead atoms. The molecule has 0 saturated carbocycles. The van der Waals surface area contributed by atoms with Crippen molar-refractivity contribution in [2.75, 3.05) is 5.32 Å². The normalized spacial score (nSPS) is 12.1. The zero-order valence-electron chi connectivity index (χ0n) is 9.73. The SMILES string of the molecule is CCCC(CC(=O)O)Nc1ccncc1C. The van der Waals surface area contributed by atoms with Gasteiger partial charge in [-0.05, 0) is 25.0 Å². The predicted octanol–water partition coefficient (Wildman–Crippen LogP) is 2.45. The third-order valence-electron chi connectivity index (χ3n) is 2.44. The molecule has 0 aliphatic carbocycles. The fourth-order valence-electron chi connectivity index (χ4n) is 1.64. The van der Waals surface area contributed by atoms with E-state index in [1.165, 1.54) is 0 Å². The Kier molecular flexibility index (Phi) is 4.76. The molecule has 1 rings (SSSR count). The monoisotopic (exact) mass is 222 g/mol. The van der Waals surface area contributed by atoms with Gasteiger partial charge in [-0.3, -0.25) is 9.78 Å². The van der Waals surface area contributed by atoms with Crippen LogP contribution in [0.5, 0.6) is 0 Å². The van der Waals surface area contributed by atoms with Crippen molar-refractivity contribution < 1.29 is 9.90 Å². The Bertz CT molecular complexity index is 353. The van der Waals surface area contributed by atoms with Crippen molar-refractivity contribution in [2.24, 2.45) is 0 Å². The molecule has 1 aromatic rings. The number of nitrogens with one attached hydrogen (secondary N) is 1. The first-order valence-corrected chi connectivity index (χ1v) is 5.52. The van der Waals surface area contributed by atoms with Crippen LogP contribution in [0.2, 0.25) is 0 Å². The number of anilines is 1. The third kappa shape index (κ3) is 3.88. The van der Waals surface area contributed by atoms with Crippen LogP contribution >= 0.6 is 0 Å². The number of aromatic nitrogens is 1. The fourth-order valence-corrected chi connectivity index (χ4v) is 1.64. The van der Waals surface area contributed by atoms with Crippen molar-refractivity contribution in [2.45, 2.75) is 39.2 Å². The summed E-state index contributed by atoms with van der Waals surface area (Å²) in [5.41, 5.74) is 2.00. The summed E-state index contributed by atoms with van der Waals surface area (Å²) >= 11 is 0. The zero-order valence-corrected chi connectivity index (χ0v) is 9.73. The maximum Gasteiger partial charge on any atom is 0.305 e. The molecular weight excluding hydrogens is 204 g/mol. The molecule has 0 spiro atoms. The Hall–Kier alpha value is -1.58. The summed E-state index contributed by atoms with van der Waals surface area (Å²) in [4.78, 5) is 14.7. The molecule has 0 aliphatic rings. The lowest BCUT2D eigenvalue weighted by molar-refractivity contribution is -0.137. The average molecular weight is 222 g/mol. The molecule has 1 atom stereocenters. The van der Waals surface area contributed by atoms with Crippen LogP contribution in [-0.4, -0.2) is 22.1 Å². The molecule has 88 valence electrons. The standard InChI is InChI=1S/C12H18N2O2/c1-3-4-10(7-12(15)16)14-11-5-6-13-8-9(11)2/h5-6,8,10H,3-4,7H2,1-2H3,(H,13,14)(H,15,16). The van der Waals surface area contributed by atoms with Gasteiger partial charge in [-0.2, -0.15) is 0 Å². The summed E-state index contributed by atoms with van der Waals surface area (Å²) in [5.74, 6) is -0.766. The minimum atomic E-state index is -0.766. The molecule has 1 unspecified atom stereocenters. The van der Waals surface area contributed by atoms with Gasteiger partial charge in [0.25, 0.3) is 0 Å². The smallest absolute Gasteiger partial charge is 0.305 e. The van der Waals surface area contributed by atoms with Crippen LogP contribution in [0.15, 0.2) is 18.5 Å². The highest BCUT2D eigenvalue weighted by molar-refractivity contribution is 5.68. The Labute approximate surface area is 95.7 Å². The van der Waals surface area contributed by atoms with Crippen LogP contribution in [0.4, 0.5) is 5.69 Å². The first-order valence-electron chi connectivity index (χ1n) is 5.52. The van der Waals surface area contributed by atoms with Gasteiger partial charge in [-0.25, -0.2) is 0 Å². The highest BCUT2D eigenvalue weighted by Gasteiger charge is 2.12. The number of aryl methyl sites for hydroxylation is 1. The highest BCUT2D eigenvalue weighted by atomic mass is 16.4. The number of pyridine rings is 1. The minimum Gasteiger partial charge on any atom is -0.481 e. The quantitative estimate of drug-likeness (QED) is 0.776. The molecule has 1 heterocycles. The number of rotatable bonds is 6. The number of carboxylic acid groups (broad SMARTS) is 1. The molecule has 0 amide bonds. The maximum atomic E-state index is 10.7. The van der Waals surface area contributed by atoms with Gasteiger partial charge in [0.05, 0.1) is 6.42 Å². The van der Waals surface area contributed by atoms with E-state index in [4.69, 9.17) is 5.11 Å². The van der Waals surface area contributed by atoms with Crippen molar-refractivity contribution >= 4 is 11.7 Å². The topological polar surface area (TPSA) is 62.2 Å². The van der Waals surface area contributed by atoms with Crippen LogP contribution in [0.25, 0.3) is 0 Å². The molecule has 0 aromatic carbocycles. The lowest BCUT2D eigenvalue weighted by Crippen LogP contribution is -2.23. The number of nitrogens with zero attached hydrogens (tertiary/aromatic N) is 1. The van der Waals surface area contributed by atoms with Crippen molar-refractivity contribution in [1.29, 1.82) is 0 Å². The van der Waals surface area contributed by atoms with Crippen molar-refractivity contribution in [1.82, 2.24) is 4.98 Å². The maximum absolute atomic E-state index is 10.7. The van der Waals surface area contributed by atoms with Gasteiger partial charge in [0, 0.05) is 24.1 Å². The first-order chi connectivity index (χ1) is 7.63. The van der Waals surface area contributed by atoms with Crippen LogP contribution in [0, 0.1) is 6.92 Å². The molecule has 4 nitrogen and oxygen atoms in total. The number of hydrogen-bond donors (Lipinski definition) is 2. The van der Waals surface area contributed by atoms with Gasteiger partial charge in [0.15, 0.2) is 0 Å². The summed E-state index contributed by atoms with van der Waals surface area (Å²) < 4.78 is 0. The number of hydrogen-bond acceptors (Lipinski definition) is 3. The van der Waals surface area contributed by atoms with E-state index in [2.05, 4.69) is 17.2 Å². The van der Waals surface area contributed by atoms with Crippen LogP contribution < -0.4 is 5.32 Å². The molecule has 1 aromatic heterocycles. The van der Waals surface area contributed by atoms with Gasteiger partial charge in [0.2, 0.25) is 0 Å². The van der Waals surface area contributed by atoms with Crippen molar-refractivity contribution in [3.63, 3.8) is 0 Å². The molecule has 0 saturated heterocycles. The summed E-state index contributed by atoms with van der Waals surface area (Å²) in [7, 11) is 0.